The van der Waals surface area contributed by atoms with Crippen LogP contribution in [0.1, 0.15) is 16.8 Å². The highest BCUT2D eigenvalue weighted by atomic mass is 32.1. The second kappa shape index (κ2) is 9.94. The molecule has 148 valence electrons. The summed E-state index contributed by atoms with van der Waals surface area (Å²) in [4.78, 5) is 27.8. The van der Waals surface area contributed by atoms with Crippen LogP contribution in [0.5, 0.6) is 0 Å². The van der Waals surface area contributed by atoms with Gasteiger partial charge in [-0.25, -0.2) is 4.79 Å². The van der Waals surface area contributed by atoms with E-state index in [9.17, 15) is 9.59 Å². The first kappa shape index (κ1) is 20.7. The highest BCUT2D eigenvalue weighted by Crippen LogP contribution is 2.28. The average molecular weight is 406 g/mol. The summed E-state index contributed by atoms with van der Waals surface area (Å²) in [6, 6.07) is 25.6. The van der Waals surface area contributed by atoms with Gasteiger partial charge in [0.15, 0.2) is 0 Å². The lowest BCUT2D eigenvalue weighted by molar-refractivity contribution is -0.142. The van der Waals surface area contributed by atoms with E-state index in [1.807, 2.05) is 78.9 Å². The molecule has 3 rings (SSSR count). The van der Waals surface area contributed by atoms with E-state index in [2.05, 4.69) is 12.6 Å². The number of ether oxygens (including phenoxy) is 1. The largest absolute Gasteiger partial charge is 0.467 e. The second-order valence-electron chi connectivity index (χ2n) is 6.47. The van der Waals surface area contributed by atoms with E-state index in [0.29, 0.717) is 23.4 Å². The van der Waals surface area contributed by atoms with Crippen LogP contribution < -0.4 is 4.90 Å². The van der Waals surface area contributed by atoms with E-state index in [4.69, 9.17) is 4.74 Å². The van der Waals surface area contributed by atoms with Gasteiger partial charge in [0.05, 0.1) is 7.11 Å². The first-order valence-electron chi connectivity index (χ1n) is 9.39. The third-order valence-electron chi connectivity index (χ3n) is 4.68. The molecule has 1 atom stereocenters. The Hall–Kier alpha value is -3.05. The number of hydrogen-bond acceptors (Lipinski definition) is 4. The smallest absolute Gasteiger partial charge is 0.329 e. The summed E-state index contributed by atoms with van der Waals surface area (Å²) in [7, 11) is 1.33. The number of methoxy groups -OCH3 is 1. The number of benzene rings is 3. The highest BCUT2D eigenvalue weighted by molar-refractivity contribution is 7.80. The van der Waals surface area contributed by atoms with Gasteiger partial charge in [-0.15, -0.1) is 0 Å². The van der Waals surface area contributed by atoms with E-state index in [0.717, 1.165) is 11.1 Å². The minimum atomic E-state index is -0.767. The van der Waals surface area contributed by atoms with Gasteiger partial charge < -0.3 is 4.74 Å². The molecule has 0 fully saturated rings. The molecule has 5 heteroatoms. The first-order valence-corrected chi connectivity index (χ1v) is 10.0. The molecule has 0 aliphatic rings. The van der Waals surface area contributed by atoms with Crippen molar-refractivity contribution in [3.63, 3.8) is 0 Å². The number of esters is 1. The fourth-order valence-corrected chi connectivity index (χ4v) is 3.55. The number of nitrogens with zero attached hydrogens (tertiary/aromatic N) is 1. The molecule has 0 saturated carbocycles. The fraction of sp³-hybridized carbons (Fsp3) is 0.167. The maximum absolute atomic E-state index is 13.8. The molecular weight excluding hydrogens is 382 g/mol. The van der Waals surface area contributed by atoms with Crippen LogP contribution in [0, 0.1) is 0 Å². The first-order chi connectivity index (χ1) is 14.2. The predicted octanol–water partition coefficient (Wildman–Crippen LogP) is 4.86. The van der Waals surface area contributed by atoms with Gasteiger partial charge in [-0.3, -0.25) is 9.69 Å². The van der Waals surface area contributed by atoms with Gasteiger partial charge in [-0.1, -0.05) is 66.7 Å². The number of para-hydroxylation sites is 1. The SMILES string of the molecule is COC(=O)[C@H](CCS)N(C(=O)c1ccccc1-c1ccccc1)c1ccccc1. The third kappa shape index (κ3) is 4.69. The summed E-state index contributed by atoms with van der Waals surface area (Å²) < 4.78 is 5.00. The van der Waals surface area contributed by atoms with Crippen LogP contribution in [-0.4, -0.2) is 30.8 Å². The molecule has 0 saturated heterocycles. The zero-order valence-corrected chi connectivity index (χ0v) is 17.1. The molecule has 0 radical (unpaired) electrons. The Kier molecular flexibility index (Phi) is 7.09. The van der Waals surface area contributed by atoms with E-state index in [1.54, 1.807) is 6.07 Å². The highest BCUT2D eigenvalue weighted by Gasteiger charge is 2.33. The van der Waals surface area contributed by atoms with Crippen molar-refractivity contribution in [3.05, 3.63) is 90.5 Å². The summed E-state index contributed by atoms with van der Waals surface area (Å²) in [6.07, 6.45) is 0.379. The second-order valence-corrected chi connectivity index (χ2v) is 6.92. The van der Waals surface area contributed by atoms with Gasteiger partial charge >= 0.3 is 5.97 Å². The van der Waals surface area contributed by atoms with Crippen LogP contribution in [0.25, 0.3) is 11.1 Å². The molecule has 3 aromatic rings. The Morgan fingerprint density at radius 2 is 1.48 bits per heavy atom. The molecule has 29 heavy (non-hydrogen) atoms. The molecule has 0 aliphatic heterocycles. The van der Waals surface area contributed by atoms with Crippen molar-refractivity contribution in [3.8, 4) is 11.1 Å². The van der Waals surface area contributed by atoms with Crippen LogP contribution in [-0.2, 0) is 9.53 Å². The van der Waals surface area contributed by atoms with Crippen molar-refractivity contribution in [1.29, 1.82) is 0 Å². The molecule has 0 spiro atoms. The van der Waals surface area contributed by atoms with E-state index >= 15 is 0 Å². The zero-order valence-electron chi connectivity index (χ0n) is 16.2. The van der Waals surface area contributed by atoms with Crippen LogP contribution in [0.4, 0.5) is 5.69 Å². The lowest BCUT2D eigenvalue weighted by Gasteiger charge is -2.30. The Balaban J connectivity index is 2.12. The maximum atomic E-state index is 13.8. The van der Waals surface area contributed by atoms with Gasteiger partial charge in [0.1, 0.15) is 6.04 Å². The van der Waals surface area contributed by atoms with Crippen LogP contribution in [0.3, 0.4) is 0 Å². The van der Waals surface area contributed by atoms with Gasteiger partial charge in [-0.05, 0) is 41.5 Å². The molecular formula is C24H23NO3S. The number of amides is 1. The summed E-state index contributed by atoms with van der Waals surface area (Å²) in [5.41, 5.74) is 2.91. The summed E-state index contributed by atoms with van der Waals surface area (Å²) >= 11 is 4.29. The minimum absolute atomic E-state index is 0.257. The Morgan fingerprint density at radius 1 is 0.897 bits per heavy atom. The standard InChI is InChI=1S/C24H23NO3S/c1-28-24(27)22(16-17-29)25(19-12-6-3-7-13-19)23(26)21-15-9-8-14-20(21)18-10-4-2-5-11-18/h2-15,22,29H,16-17H2,1H3/t22-/m0/s1. The van der Waals surface area contributed by atoms with Crippen LogP contribution in [0.2, 0.25) is 0 Å². The Morgan fingerprint density at radius 3 is 2.10 bits per heavy atom. The van der Waals surface area contributed by atoms with Crippen molar-refractivity contribution < 1.29 is 14.3 Å². The summed E-state index contributed by atoms with van der Waals surface area (Å²) in [5, 5.41) is 0. The van der Waals surface area contributed by atoms with Crippen LogP contribution in [0.15, 0.2) is 84.9 Å². The maximum Gasteiger partial charge on any atom is 0.329 e. The molecule has 0 heterocycles. The van der Waals surface area contributed by atoms with Crippen molar-refractivity contribution in [1.82, 2.24) is 0 Å². The Labute approximate surface area is 176 Å². The van der Waals surface area contributed by atoms with E-state index in [-0.39, 0.29) is 5.91 Å². The van der Waals surface area contributed by atoms with Crippen molar-refractivity contribution in [2.45, 2.75) is 12.5 Å². The molecule has 3 aromatic carbocycles. The van der Waals surface area contributed by atoms with Gasteiger partial charge in [0, 0.05) is 11.3 Å². The quantitative estimate of drug-likeness (QED) is 0.451. The third-order valence-corrected chi connectivity index (χ3v) is 4.94. The van der Waals surface area contributed by atoms with Crippen molar-refractivity contribution >= 4 is 30.2 Å². The number of thiol groups is 1. The van der Waals surface area contributed by atoms with Gasteiger partial charge in [0.2, 0.25) is 0 Å². The van der Waals surface area contributed by atoms with E-state index in [1.165, 1.54) is 12.0 Å². The molecule has 0 bridgehead atoms. The molecule has 0 aliphatic carbocycles. The lowest BCUT2D eigenvalue weighted by Crippen LogP contribution is -2.46. The molecule has 0 N–H and O–H groups in total. The lowest BCUT2D eigenvalue weighted by atomic mass is 9.98. The number of rotatable bonds is 7. The number of hydrogen-bond donors (Lipinski definition) is 1. The number of carbonyl (C=O) groups excluding carboxylic acids is 2. The monoisotopic (exact) mass is 405 g/mol. The van der Waals surface area contributed by atoms with Crippen molar-refractivity contribution in [2.75, 3.05) is 17.8 Å². The van der Waals surface area contributed by atoms with Crippen molar-refractivity contribution in [2.24, 2.45) is 0 Å². The minimum Gasteiger partial charge on any atom is -0.467 e. The number of carbonyl (C=O) groups is 2. The Bertz CT molecular complexity index is 960. The average Bonchev–Trinajstić information content (AvgIpc) is 2.79. The van der Waals surface area contributed by atoms with Gasteiger partial charge in [0.25, 0.3) is 5.91 Å². The fourth-order valence-electron chi connectivity index (χ4n) is 3.31. The predicted molar refractivity (Wildman–Crippen MR) is 119 cm³/mol. The van der Waals surface area contributed by atoms with E-state index < -0.39 is 12.0 Å². The zero-order chi connectivity index (χ0) is 20.6. The molecule has 0 unspecified atom stereocenters. The van der Waals surface area contributed by atoms with Crippen LogP contribution >= 0.6 is 12.6 Å². The number of anilines is 1. The summed E-state index contributed by atoms with van der Waals surface area (Å²) in [5.74, 6) is -0.280. The molecule has 0 aromatic heterocycles. The normalized spacial score (nSPS) is 11.5. The molecule has 1 amide bonds. The van der Waals surface area contributed by atoms with Gasteiger partial charge in [-0.2, -0.15) is 12.6 Å². The topological polar surface area (TPSA) is 46.6 Å². The molecule has 4 nitrogen and oxygen atoms in total. The summed E-state index contributed by atoms with van der Waals surface area (Å²) in [6.45, 7) is 0.